The number of thiazole rings is 1. The van der Waals surface area contributed by atoms with Crippen LogP contribution in [0.15, 0.2) is 54.7 Å². The minimum absolute atomic E-state index is 0.0145. The monoisotopic (exact) mass is 441 g/mol. The molecule has 7 heteroatoms. The van der Waals surface area contributed by atoms with Crippen molar-refractivity contribution in [3.63, 3.8) is 0 Å². The fourth-order valence-electron chi connectivity index (χ4n) is 3.15. The van der Waals surface area contributed by atoms with E-state index >= 15 is 0 Å². The first-order chi connectivity index (χ1) is 14.0. The summed E-state index contributed by atoms with van der Waals surface area (Å²) in [5, 5.41) is 0.700. The number of hydrogen-bond donors (Lipinski definition) is 0. The van der Waals surface area contributed by atoms with Gasteiger partial charge in [0.2, 0.25) is 5.91 Å². The summed E-state index contributed by atoms with van der Waals surface area (Å²) in [6.45, 7) is 4.70. The minimum Gasteiger partial charge on any atom is -0.282 e. The van der Waals surface area contributed by atoms with Crippen molar-refractivity contribution in [2.75, 3.05) is 4.90 Å². The van der Waals surface area contributed by atoms with Gasteiger partial charge in [-0.05, 0) is 41.8 Å². The van der Waals surface area contributed by atoms with E-state index < -0.39 is 0 Å². The Kier molecular flexibility index (Phi) is 5.94. The Morgan fingerprint density at radius 2 is 1.97 bits per heavy atom. The zero-order chi connectivity index (χ0) is 20.4. The number of nitrogens with zero attached hydrogens (tertiary/aromatic N) is 3. The van der Waals surface area contributed by atoms with E-state index in [1.807, 2.05) is 30.3 Å². The lowest BCUT2D eigenvalue weighted by Crippen LogP contribution is -2.31. The Labute approximate surface area is 182 Å². The molecule has 0 aliphatic carbocycles. The lowest BCUT2D eigenvalue weighted by molar-refractivity contribution is -0.118. The quantitative estimate of drug-likeness (QED) is 0.352. The van der Waals surface area contributed by atoms with E-state index in [0.29, 0.717) is 21.9 Å². The molecule has 0 unspecified atom stereocenters. The first-order valence-electron chi connectivity index (χ1n) is 9.35. The summed E-state index contributed by atoms with van der Waals surface area (Å²) in [7, 11) is 0. The Morgan fingerprint density at radius 3 is 2.66 bits per heavy atom. The predicted octanol–water partition coefficient (Wildman–Crippen LogP) is 6.31. The van der Waals surface area contributed by atoms with Crippen LogP contribution in [-0.2, 0) is 17.8 Å². The van der Waals surface area contributed by atoms with Gasteiger partial charge in [0.1, 0.15) is 0 Å². The van der Waals surface area contributed by atoms with Gasteiger partial charge in [-0.3, -0.25) is 14.7 Å². The molecule has 4 rings (SSSR count). The van der Waals surface area contributed by atoms with E-state index in [1.165, 1.54) is 16.9 Å². The number of hydrogen-bond acceptors (Lipinski definition) is 5. The molecule has 1 amide bonds. The van der Waals surface area contributed by atoms with Crippen molar-refractivity contribution in [1.82, 2.24) is 9.97 Å². The third-order valence-electron chi connectivity index (χ3n) is 4.59. The Balaban J connectivity index is 1.72. The number of amides is 1. The zero-order valence-electron chi connectivity index (χ0n) is 16.1. The summed E-state index contributed by atoms with van der Waals surface area (Å²) >= 11 is 9.02. The zero-order valence-corrected chi connectivity index (χ0v) is 18.5. The van der Waals surface area contributed by atoms with Gasteiger partial charge in [-0.25, -0.2) is 4.98 Å². The van der Waals surface area contributed by atoms with Gasteiger partial charge in [0, 0.05) is 11.1 Å². The molecule has 0 spiro atoms. The molecule has 1 aromatic carbocycles. The van der Waals surface area contributed by atoms with Gasteiger partial charge in [0.15, 0.2) is 5.13 Å². The van der Waals surface area contributed by atoms with Gasteiger partial charge in [-0.2, -0.15) is 0 Å². The van der Waals surface area contributed by atoms with Crippen molar-refractivity contribution >= 4 is 55.5 Å². The van der Waals surface area contributed by atoms with E-state index in [4.69, 9.17) is 16.6 Å². The van der Waals surface area contributed by atoms with Crippen molar-refractivity contribution < 1.29 is 4.79 Å². The first-order valence-corrected chi connectivity index (χ1v) is 11.4. The number of thiophene rings is 1. The second-order valence-corrected chi connectivity index (χ2v) is 9.84. The molecule has 0 atom stereocenters. The van der Waals surface area contributed by atoms with Crippen LogP contribution in [0.2, 0.25) is 4.34 Å². The third-order valence-corrected chi connectivity index (χ3v) is 6.87. The van der Waals surface area contributed by atoms with Crippen LogP contribution < -0.4 is 4.90 Å². The molecule has 4 aromatic rings. The average molecular weight is 442 g/mol. The summed E-state index contributed by atoms with van der Waals surface area (Å²) in [6.07, 6.45) is 2.03. The van der Waals surface area contributed by atoms with E-state index in [0.717, 1.165) is 20.8 Å². The van der Waals surface area contributed by atoms with Crippen molar-refractivity contribution in [3.8, 4) is 0 Å². The summed E-state index contributed by atoms with van der Waals surface area (Å²) < 4.78 is 1.77. The molecule has 0 fully saturated rings. The van der Waals surface area contributed by atoms with Crippen LogP contribution in [0.1, 0.15) is 35.9 Å². The van der Waals surface area contributed by atoms with Gasteiger partial charge < -0.3 is 0 Å². The Bertz CT molecular complexity index is 1140. The fraction of sp³-hybridized carbons (Fsp3) is 0.227. The van der Waals surface area contributed by atoms with E-state index in [9.17, 15) is 4.79 Å². The molecule has 3 aromatic heterocycles. The van der Waals surface area contributed by atoms with Crippen LogP contribution in [0.5, 0.6) is 0 Å². The number of fused-ring (bicyclic) bond motifs is 1. The van der Waals surface area contributed by atoms with Gasteiger partial charge in [-0.15, -0.1) is 11.3 Å². The lowest BCUT2D eigenvalue weighted by Gasteiger charge is -2.19. The first kappa shape index (κ1) is 20.0. The standard InChI is InChI=1S/C22H20ClN3OS2/c1-14(2)17-7-5-8-18-21(17)25-22(29-18)26(13-15-6-3-4-11-24-15)20(27)12-16-9-10-19(23)28-16/h3-11,14H,12-13H2,1-2H3. The molecule has 0 aliphatic rings. The number of halogens is 1. The maximum atomic E-state index is 13.3. The molecule has 3 heterocycles. The molecule has 0 N–H and O–H groups in total. The van der Waals surface area contributed by atoms with E-state index in [1.54, 1.807) is 22.4 Å². The normalized spacial score (nSPS) is 11.3. The van der Waals surface area contributed by atoms with Crippen LogP contribution in [0, 0.1) is 0 Å². The Morgan fingerprint density at radius 1 is 1.10 bits per heavy atom. The Hall–Kier alpha value is -2.28. The highest BCUT2D eigenvalue weighted by molar-refractivity contribution is 7.22. The molecule has 0 aliphatic heterocycles. The molecule has 0 bridgehead atoms. The highest BCUT2D eigenvalue weighted by Crippen LogP contribution is 2.34. The minimum atomic E-state index is -0.0145. The number of benzene rings is 1. The number of aromatic nitrogens is 2. The van der Waals surface area contributed by atoms with Crippen LogP contribution in [-0.4, -0.2) is 15.9 Å². The van der Waals surface area contributed by atoms with Crippen molar-refractivity contribution in [2.45, 2.75) is 32.7 Å². The summed E-state index contributed by atoms with van der Waals surface area (Å²) in [6, 6.07) is 15.7. The van der Waals surface area contributed by atoms with Gasteiger partial charge in [0.25, 0.3) is 0 Å². The van der Waals surface area contributed by atoms with Crippen LogP contribution in [0.4, 0.5) is 5.13 Å². The van der Waals surface area contributed by atoms with Crippen molar-refractivity contribution in [3.05, 3.63) is 75.2 Å². The smallest absolute Gasteiger partial charge is 0.234 e. The predicted molar refractivity (Wildman–Crippen MR) is 122 cm³/mol. The summed E-state index contributed by atoms with van der Waals surface area (Å²) in [5.74, 6) is 0.348. The number of pyridine rings is 1. The van der Waals surface area contributed by atoms with Gasteiger partial charge in [0.05, 0.1) is 33.2 Å². The molecular formula is C22H20ClN3OS2. The molecule has 0 saturated carbocycles. The second kappa shape index (κ2) is 8.61. The maximum Gasteiger partial charge on any atom is 0.234 e. The van der Waals surface area contributed by atoms with Crippen molar-refractivity contribution in [1.29, 1.82) is 0 Å². The third kappa shape index (κ3) is 4.50. The van der Waals surface area contributed by atoms with Gasteiger partial charge >= 0.3 is 0 Å². The van der Waals surface area contributed by atoms with E-state index in [-0.39, 0.29) is 12.3 Å². The number of rotatable bonds is 6. The molecule has 148 valence electrons. The van der Waals surface area contributed by atoms with E-state index in [2.05, 4.69) is 37.0 Å². The topological polar surface area (TPSA) is 46.1 Å². The molecule has 0 saturated heterocycles. The average Bonchev–Trinajstić information content (AvgIpc) is 3.32. The molecular weight excluding hydrogens is 422 g/mol. The van der Waals surface area contributed by atoms with Crippen LogP contribution >= 0.6 is 34.3 Å². The van der Waals surface area contributed by atoms with Crippen molar-refractivity contribution in [2.24, 2.45) is 0 Å². The lowest BCUT2D eigenvalue weighted by atomic mass is 10.0. The molecule has 29 heavy (non-hydrogen) atoms. The maximum absolute atomic E-state index is 13.3. The van der Waals surface area contributed by atoms with Crippen LogP contribution in [0.25, 0.3) is 10.2 Å². The summed E-state index contributed by atoms with van der Waals surface area (Å²) in [5.41, 5.74) is 2.99. The SMILES string of the molecule is CC(C)c1cccc2sc(N(Cc3ccccn3)C(=O)Cc3ccc(Cl)s3)nc12. The number of carbonyl (C=O) groups is 1. The largest absolute Gasteiger partial charge is 0.282 e. The fourth-order valence-corrected chi connectivity index (χ4v) is 5.24. The van der Waals surface area contributed by atoms with Gasteiger partial charge in [-0.1, -0.05) is 55.0 Å². The number of carbonyl (C=O) groups excluding carboxylic acids is 1. The highest BCUT2D eigenvalue weighted by Gasteiger charge is 2.22. The molecule has 0 radical (unpaired) electrons. The summed E-state index contributed by atoms with van der Waals surface area (Å²) in [4.78, 5) is 25.2. The number of anilines is 1. The second-order valence-electron chi connectivity index (χ2n) is 7.03. The molecule has 4 nitrogen and oxygen atoms in total. The highest BCUT2D eigenvalue weighted by atomic mass is 35.5. The van der Waals surface area contributed by atoms with Crippen LogP contribution in [0.3, 0.4) is 0 Å². The number of para-hydroxylation sites is 1.